The Morgan fingerprint density at radius 3 is 2.44 bits per heavy atom. The highest BCUT2D eigenvalue weighted by Crippen LogP contribution is 2.24. The van der Waals surface area contributed by atoms with Gasteiger partial charge in [-0.3, -0.25) is 9.79 Å². The fourth-order valence-electron chi connectivity index (χ4n) is 3.09. The molecule has 1 aliphatic rings. The van der Waals surface area contributed by atoms with Gasteiger partial charge in [0.25, 0.3) is 0 Å². The van der Waals surface area contributed by atoms with Crippen LogP contribution in [-0.4, -0.2) is 63.8 Å². The van der Waals surface area contributed by atoms with Crippen LogP contribution in [0, 0.1) is 11.8 Å². The van der Waals surface area contributed by atoms with Gasteiger partial charge in [0.05, 0.1) is 26.7 Å². The van der Waals surface area contributed by atoms with E-state index in [9.17, 15) is 4.79 Å². The Morgan fingerprint density at radius 1 is 1.26 bits per heavy atom. The molecule has 1 aliphatic heterocycles. The maximum absolute atomic E-state index is 11.9. The van der Waals surface area contributed by atoms with Crippen LogP contribution in [0.1, 0.15) is 13.8 Å². The number of carbonyl (C=O) groups excluding carboxylic acids is 1. The lowest BCUT2D eigenvalue weighted by Crippen LogP contribution is -2.44. The molecular weight excluding hydrogens is 461 g/mol. The smallest absolute Gasteiger partial charge is 0.310 e. The molecule has 1 fully saturated rings. The SMILES string of the molecule is CN=C(NCC(C)Oc1ccc(OC)cc1)N1CC(C)C(C(=O)OC)C1.I. The summed E-state index contributed by atoms with van der Waals surface area (Å²) in [6.07, 6.45) is -0.0448. The average Bonchev–Trinajstić information content (AvgIpc) is 3.03. The van der Waals surface area contributed by atoms with E-state index in [1.165, 1.54) is 7.11 Å². The number of methoxy groups -OCH3 is 2. The Morgan fingerprint density at radius 2 is 1.89 bits per heavy atom. The van der Waals surface area contributed by atoms with Crippen molar-refractivity contribution in [3.05, 3.63) is 24.3 Å². The molecule has 0 spiro atoms. The molecule has 152 valence electrons. The van der Waals surface area contributed by atoms with Crippen LogP contribution in [0.25, 0.3) is 0 Å². The number of guanidine groups is 1. The third kappa shape index (κ3) is 6.44. The molecular formula is C19H30IN3O4. The molecule has 1 aromatic rings. The van der Waals surface area contributed by atoms with Crippen LogP contribution >= 0.6 is 24.0 Å². The Bertz CT molecular complexity index is 624. The second-order valence-electron chi connectivity index (χ2n) is 6.54. The van der Waals surface area contributed by atoms with Gasteiger partial charge in [-0.1, -0.05) is 6.92 Å². The standard InChI is InChI=1S/C19H29N3O4.HI/c1-13-11-22(12-17(13)18(23)25-5)19(20-3)21-10-14(2)26-16-8-6-15(24-4)7-9-16;/h6-9,13-14,17H,10-12H2,1-5H3,(H,20,21);1H. The number of aliphatic imine (C=N–C) groups is 1. The van der Waals surface area contributed by atoms with Gasteiger partial charge in [0.2, 0.25) is 0 Å². The van der Waals surface area contributed by atoms with E-state index in [1.807, 2.05) is 31.2 Å². The number of esters is 1. The van der Waals surface area contributed by atoms with Crippen molar-refractivity contribution in [3.63, 3.8) is 0 Å². The van der Waals surface area contributed by atoms with Crippen LogP contribution < -0.4 is 14.8 Å². The molecule has 8 heteroatoms. The lowest BCUT2D eigenvalue weighted by molar-refractivity contribution is -0.145. The summed E-state index contributed by atoms with van der Waals surface area (Å²) in [5.74, 6) is 2.31. The Hall–Kier alpha value is -1.71. The highest BCUT2D eigenvalue weighted by atomic mass is 127. The zero-order valence-corrected chi connectivity index (χ0v) is 18.9. The molecule has 3 unspecified atom stereocenters. The minimum atomic E-state index is -0.160. The molecule has 0 saturated carbocycles. The molecule has 0 aliphatic carbocycles. The normalized spacial score (nSPS) is 20.5. The molecule has 0 aromatic heterocycles. The van der Waals surface area contributed by atoms with E-state index in [0.717, 1.165) is 24.0 Å². The highest BCUT2D eigenvalue weighted by Gasteiger charge is 2.36. The van der Waals surface area contributed by atoms with Crippen molar-refractivity contribution in [3.8, 4) is 11.5 Å². The van der Waals surface area contributed by atoms with E-state index in [-0.39, 0.29) is 47.9 Å². The molecule has 27 heavy (non-hydrogen) atoms. The molecule has 2 rings (SSSR count). The average molecular weight is 491 g/mol. The van der Waals surface area contributed by atoms with E-state index in [0.29, 0.717) is 13.1 Å². The number of rotatable bonds is 6. The first-order chi connectivity index (χ1) is 12.5. The summed E-state index contributed by atoms with van der Waals surface area (Å²) in [6, 6.07) is 7.50. The summed E-state index contributed by atoms with van der Waals surface area (Å²) in [5.41, 5.74) is 0. The predicted octanol–water partition coefficient (Wildman–Crippen LogP) is 2.40. The van der Waals surface area contributed by atoms with Crippen molar-refractivity contribution in [1.29, 1.82) is 0 Å². The third-order valence-electron chi connectivity index (χ3n) is 4.57. The van der Waals surface area contributed by atoms with Gasteiger partial charge < -0.3 is 24.4 Å². The largest absolute Gasteiger partial charge is 0.497 e. The van der Waals surface area contributed by atoms with Crippen molar-refractivity contribution < 1.29 is 19.0 Å². The van der Waals surface area contributed by atoms with Crippen LogP contribution in [0.2, 0.25) is 0 Å². The monoisotopic (exact) mass is 491 g/mol. The van der Waals surface area contributed by atoms with E-state index < -0.39 is 0 Å². The van der Waals surface area contributed by atoms with Gasteiger partial charge in [0.1, 0.15) is 17.6 Å². The number of hydrogen-bond donors (Lipinski definition) is 1. The second kappa shape index (κ2) is 11.2. The zero-order chi connectivity index (χ0) is 19.1. The van der Waals surface area contributed by atoms with Gasteiger partial charge in [-0.2, -0.15) is 0 Å². The number of carbonyl (C=O) groups is 1. The first-order valence-corrected chi connectivity index (χ1v) is 8.82. The highest BCUT2D eigenvalue weighted by molar-refractivity contribution is 14.0. The maximum Gasteiger partial charge on any atom is 0.310 e. The lowest BCUT2D eigenvalue weighted by atomic mass is 9.99. The number of nitrogens with zero attached hydrogens (tertiary/aromatic N) is 2. The maximum atomic E-state index is 11.9. The summed E-state index contributed by atoms with van der Waals surface area (Å²) in [5, 5.41) is 3.33. The molecule has 1 heterocycles. The first kappa shape index (κ1) is 23.3. The zero-order valence-electron chi connectivity index (χ0n) is 16.6. The van der Waals surface area contributed by atoms with Gasteiger partial charge in [-0.15, -0.1) is 24.0 Å². The number of ether oxygens (including phenoxy) is 3. The van der Waals surface area contributed by atoms with Crippen LogP contribution in [0.15, 0.2) is 29.3 Å². The second-order valence-corrected chi connectivity index (χ2v) is 6.54. The molecule has 1 saturated heterocycles. The fourth-order valence-corrected chi connectivity index (χ4v) is 3.09. The summed E-state index contributed by atoms with van der Waals surface area (Å²) in [7, 11) is 4.81. The molecule has 3 atom stereocenters. The van der Waals surface area contributed by atoms with Crippen molar-refractivity contribution in [1.82, 2.24) is 10.2 Å². The molecule has 0 bridgehead atoms. The van der Waals surface area contributed by atoms with Crippen LogP contribution in [0.5, 0.6) is 11.5 Å². The van der Waals surface area contributed by atoms with E-state index in [4.69, 9.17) is 14.2 Å². The van der Waals surface area contributed by atoms with Crippen molar-refractivity contribution in [2.24, 2.45) is 16.8 Å². The van der Waals surface area contributed by atoms with Crippen molar-refractivity contribution in [2.75, 3.05) is 40.9 Å². The lowest BCUT2D eigenvalue weighted by Gasteiger charge is -2.23. The quantitative estimate of drug-likeness (QED) is 0.285. The number of nitrogens with one attached hydrogen (secondary N) is 1. The van der Waals surface area contributed by atoms with Crippen molar-refractivity contribution >= 4 is 35.9 Å². The van der Waals surface area contributed by atoms with Crippen molar-refractivity contribution in [2.45, 2.75) is 20.0 Å². The third-order valence-corrected chi connectivity index (χ3v) is 4.57. The summed E-state index contributed by atoms with van der Waals surface area (Å²) in [4.78, 5) is 18.3. The Labute approximate surface area is 178 Å². The van der Waals surface area contributed by atoms with Crippen LogP contribution in [0.3, 0.4) is 0 Å². The predicted molar refractivity (Wildman–Crippen MR) is 116 cm³/mol. The molecule has 0 radical (unpaired) electrons. The Kier molecular flexibility index (Phi) is 9.68. The minimum Gasteiger partial charge on any atom is -0.497 e. The number of hydrogen-bond acceptors (Lipinski definition) is 5. The first-order valence-electron chi connectivity index (χ1n) is 8.82. The van der Waals surface area contributed by atoms with Gasteiger partial charge in [-0.25, -0.2) is 0 Å². The molecule has 1 N–H and O–H groups in total. The number of benzene rings is 1. The van der Waals surface area contributed by atoms with Gasteiger partial charge in [0.15, 0.2) is 5.96 Å². The molecule has 0 amide bonds. The number of likely N-dealkylation sites (tertiary alicyclic amines) is 1. The molecule has 1 aromatic carbocycles. The van der Waals surface area contributed by atoms with E-state index in [2.05, 4.69) is 22.1 Å². The topological polar surface area (TPSA) is 72.4 Å². The summed E-state index contributed by atoms with van der Waals surface area (Å²) < 4.78 is 15.9. The van der Waals surface area contributed by atoms with E-state index in [1.54, 1.807) is 14.2 Å². The van der Waals surface area contributed by atoms with Gasteiger partial charge >= 0.3 is 5.97 Å². The minimum absolute atomic E-state index is 0. The molecule has 7 nitrogen and oxygen atoms in total. The van der Waals surface area contributed by atoms with Gasteiger partial charge in [0, 0.05) is 20.1 Å². The summed E-state index contributed by atoms with van der Waals surface area (Å²) >= 11 is 0. The Balaban J connectivity index is 0.00000364. The van der Waals surface area contributed by atoms with E-state index >= 15 is 0 Å². The number of halogens is 1. The summed E-state index contributed by atoms with van der Waals surface area (Å²) in [6.45, 7) is 6.04. The van der Waals surface area contributed by atoms with Crippen LogP contribution in [-0.2, 0) is 9.53 Å². The van der Waals surface area contributed by atoms with Gasteiger partial charge in [-0.05, 0) is 37.1 Å². The fraction of sp³-hybridized carbons (Fsp3) is 0.579. The van der Waals surface area contributed by atoms with Crippen LogP contribution in [0.4, 0.5) is 0 Å².